The van der Waals surface area contributed by atoms with Gasteiger partial charge in [-0.05, 0) is 12.1 Å². The van der Waals surface area contributed by atoms with E-state index in [0.717, 1.165) is 0 Å². The fourth-order valence-electron chi connectivity index (χ4n) is 0.897. The van der Waals surface area contributed by atoms with Crippen molar-refractivity contribution in [2.24, 2.45) is 0 Å². The van der Waals surface area contributed by atoms with Crippen LogP contribution in [-0.2, 0) is 4.74 Å². The molecule has 0 saturated carbocycles. The molecule has 76 valence electrons. The molecule has 1 heterocycles. The van der Waals surface area contributed by atoms with Gasteiger partial charge in [0.05, 0.1) is 18.5 Å². The molecule has 0 radical (unpaired) electrons. The number of carbonyl (C=O) groups excluding carboxylic acids is 1. The van der Waals surface area contributed by atoms with Crippen molar-refractivity contribution >= 4 is 11.6 Å². The summed E-state index contributed by atoms with van der Waals surface area (Å²) in [6, 6.07) is 3.22. The highest BCUT2D eigenvalue weighted by Gasteiger charge is 2.04. The molecule has 14 heavy (non-hydrogen) atoms. The fourth-order valence-corrected chi connectivity index (χ4v) is 0.897. The third-order valence-corrected chi connectivity index (χ3v) is 1.61. The van der Waals surface area contributed by atoms with Crippen molar-refractivity contribution in [3.05, 3.63) is 24.0 Å². The summed E-state index contributed by atoms with van der Waals surface area (Å²) in [6.07, 6.45) is 1.45. The number of nitrogens with zero attached hydrogens (tertiary/aromatic N) is 1. The summed E-state index contributed by atoms with van der Waals surface area (Å²) < 4.78 is 4.79. The summed E-state index contributed by atoms with van der Waals surface area (Å²) in [5, 5.41) is 2.65. The van der Waals surface area contributed by atoms with Gasteiger partial charge in [0.25, 0.3) is 5.91 Å². The number of hydrogen-bond acceptors (Lipinski definition) is 4. The van der Waals surface area contributed by atoms with E-state index in [0.29, 0.717) is 24.5 Å². The zero-order chi connectivity index (χ0) is 10.4. The molecule has 1 amide bonds. The molecule has 0 aliphatic carbocycles. The quantitative estimate of drug-likeness (QED) is 0.665. The van der Waals surface area contributed by atoms with E-state index in [1.807, 2.05) is 0 Å². The van der Waals surface area contributed by atoms with Crippen LogP contribution >= 0.6 is 0 Å². The summed E-state index contributed by atoms with van der Waals surface area (Å²) >= 11 is 0. The molecule has 0 aliphatic rings. The van der Waals surface area contributed by atoms with Crippen LogP contribution in [0.2, 0.25) is 0 Å². The van der Waals surface area contributed by atoms with Crippen molar-refractivity contribution in [3.8, 4) is 0 Å². The largest absolute Gasteiger partial charge is 0.397 e. The van der Waals surface area contributed by atoms with Crippen LogP contribution in [-0.4, -0.2) is 31.2 Å². The molecule has 1 rings (SSSR count). The lowest BCUT2D eigenvalue weighted by Gasteiger charge is -2.03. The molecular formula is C9H13N3O2. The molecule has 0 aromatic carbocycles. The van der Waals surface area contributed by atoms with Crippen LogP contribution in [0.25, 0.3) is 0 Å². The highest BCUT2D eigenvalue weighted by Crippen LogP contribution is 2.00. The Morgan fingerprint density at radius 1 is 1.64 bits per heavy atom. The van der Waals surface area contributed by atoms with E-state index >= 15 is 0 Å². The van der Waals surface area contributed by atoms with E-state index in [1.54, 1.807) is 19.2 Å². The Labute approximate surface area is 82.3 Å². The van der Waals surface area contributed by atoms with Gasteiger partial charge in [0.2, 0.25) is 0 Å². The number of carbonyl (C=O) groups is 1. The van der Waals surface area contributed by atoms with Crippen LogP contribution in [0.3, 0.4) is 0 Å². The second kappa shape index (κ2) is 5.18. The summed E-state index contributed by atoms with van der Waals surface area (Å²) in [5.74, 6) is -0.220. The Bertz CT molecular complexity index is 297. The normalized spacial score (nSPS) is 9.79. The van der Waals surface area contributed by atoms with Gasteiger partial charge in [0.15, 0.2) is 0 Å². The summed E-state index contributed by atoms with van der Waals surface area (Å²) in [5.41, 5.74) is 6.33. The maximum absolute atomic E-state index is 11.4. The minimum absolute atomic E-state index is 0.220. The van der Waals surface area contributed by atoms with Crippen molar-refractivity contribution in [2.75, 3.05) is 26.0 Å². The number of nitrogen functional groups attached to an aromatic ring is 1. The number of nitrogens with one attached hydrogen (secondary N) is 1. The number of ether oxygens (including phenoxy) is 1. The molecule has 0 spiro atoms. The Kier molecular flexibility index (Phi) is 3.87. The van der Waals surface area contributed by atoms with E-state index in [-0.39, 0.29) is 5.91 Å². The number of methoxy groups -OCH3 is 1. The predicted octanol–water partition coefficient (Wildman–Crippen LogP) is 0.0400. The van der Waals surface area contributed by atoms with E-state index in [2.05, 4.69) is 10.3 Å². The molecule has 0 unspecified atom stereocenters. The van der Waals surface area contributed by atoms with Crippen molar-refractivity contribution in [1.82, 2.24) is 10.3 Å². The average Bonchev–Trinajstić information content (AvgIpc) is 2.19. The lowest BCUT2D eigenvalue weighted by Crippen LogP contribution is -2.27. The third kappa shape index (κ3) is 3.02. The number of pyridine rings is 1. The smallest absolute Gasteiger partial charge is 0.269 e. The van der Waals surface area contributed by atoms with Crippen molar-refractivity contribution in [3.63, 3.8) is 0 Å². The van der Waals surface area contributed by atoms with Gasteiger partial charge < -0.3 is 15.8 Å². The molecule has 0 aliphatic heterocycles. The first-order valence-corrected chi connectivity index (χ1v) is 4.22. The van der Waals surface area contributed by atoms with Crippen LogP contribution in [0.5, 0.6) is 0 Å². The Morgan fingerprint density at radius 3 is 3.00 bits per heavy atom. The molecule has 5 heteroatoms. The lowest BCUT2D eigenvalue weighted by atomic mass is 10.3. The van der Waals surface area contributed by atoms with Gasteiger partial charge in [0, 0.05) is 13.7 Å². The second-order valence-electron chi connectivity index (χ2n) is 2.73. The lowest BCUT2D eigenvalue weighted by molar-refractivity contribution is 0.0932. The first-order valence-electron chi connectivity index (χ1n) is 4.22. The monoisotopic (exact) mass is 195 g/mol. The van der Waals surface area contributed by atoms with Gasteiger partial charge in [-0.1, -0.05) is 0 Å². The first kappa shape index (κ1) is 10.5. The van der Waals surface area contributed by atoms with Crippen molar-refractivity contribution < 1.29 is 9.53 Å². The van der Waals surface area contributed by atoms with Gasteiger partial charge in [-0.2, -0.15) is 0 Å². The zero-order valence-corrected chi connectivity index (χ0v) is 7.99. The van der Waals surface area contributed by atoms with E-state index < -0.39 is 0 Å². The number of nitrogens with two attached hydrogens (primary N) is 1. The number of rotatable bonds is 4. The first-order chi connectivity index (χ1) is 6.74. The van der Waals surface area contributed by atoms with Gasteiger partial charge in [-0.25, -0.2) is 4.98 Å². The fraction of sp³-hybridized carbons (Fsp3) is 0.333. The molecule has 0 fully saturated rings. The number of aromatic nitrogens is 1. The summed E-state index contributed by atoms with van der Waals surface area (Å²) in [4.78, 5) is 15.2. The Morgan fingerprint density at radius 2 is 2.43 bits per heavy atom. The van der Waals surface area contributed by atoms with E-state index in [4.69, 9.17) is 10.5 Å². The molecule has 0 saturated heterocycles. The highest BCUT2D eigenvalue weighted by atomic mass is 16.5. The molecule has 1 aromatic rings. The number of anilines is 1. The topological polar surface area (TPSA) is 77.2 Å². The van der Waals surface area contributed by atoms with Crippen LogP contribution in [0.15, 0.2) is 18.3 Å². The van der Waals surface area contributed by atoms with Gasteiger partial charge in [0.1, 0.15) is 5.69 Å². The second-order valence-corrected chi connectivity index (χ2v) is 2.73. The number of amides is 1. The standard InChI is InChI=1S/C9H13N3O2/c1-14-5-4-11-9(13)8-3-2-7(10)6-12-8/h2-3,6H,4-5,10H2,1H3,(H,11,13). The van der Waals surface area contributed by atoms with Crippen LogP contribution < -0.4 is 11.1 Å². The maximum Gasteiger partial charge on any atom is 0.269 e. The molecular weight excluding hydrogens is 182 g/mol. The highest BCUT2D eigenvalue weighted by molar-refractivity contribution is 5.92. The third-order valence-electron chi connectivity index (χ3n) is 1.61. The van der Waals surface area contributed by atoms with Crippen molar-refractivity contribution in [1.29, 1.82) is 0 Å². The maximum atomic E-state index is 11.4. The minimum atomic E-state index is -0.220. The van der Waals surface area contributed by atoms with Gasteiger partial charge in [-0.3, -0.25) is 4.79 Å². The van der Waals surface area contributed by atoms with E-state index in [9.17, 15) is 4.79 Å². The van der Waals surface area contributed by atoms with E-state index in [1.165, 1.54) is 6.20 Å². The predicted molar refractivity (Wildman–Crippen MR) is 52.9 cm³/mol. The number of hydrogen-bond donors (Lipinski definition) is 2. The summed E-state index contributed by atoms with van der Waals surface area (Å²) in [6.45, 7) is 0.960. The minimum Gasteiger partial charge on any atom is -0.397 e. The van der Waals surface area contributed by atoms with Crippen LogP contribution in [0, 0.1) is 0 Å². The molecule has 5 nitrogen and oxygen atoms in total. The Hall–Kier alpha value is -1.62. The van der Waals surface area contributed by atoms with Gasteiger partial charge >= 0.3 is 0 Å². The molecule has 0 bridgehead atoms. The Balaban J connectivity index is 2.48. The SMILES string of the molecule is COCCNC(=O)c1ccc(N)cn1. The molecule has 1 aromatic heterocycles. The van der Waals surface area contributed by atoms with Crippen molar-refractivity contribution in [2.45, 2.75) is 0 Å². The van der Waals surface area contributed by atoms with Crippen LogP contribution in [0.1, 0.15) is 10.5 Å². The zero-order valence-electron chi connectivity index (χ0n) is 7.99. The summed E-state index contributed by atoms with van der Waals surface area (Å²) in [7, 11) is 1.58. The van der Waals surface area contributed by atoms with Gasteiger partial charge in [-0.15, -0.1) is 0 Å². The molecule has 0 atom stereocenters. The molecule has 3 N–H and O–H groups in total. The average molecular weight is 195 g/mol. The van der Waals surface area contributed by atoms with Crippen LogP contribution in [0.4, 0.5) is 5.69 Å².